The number of nitrogens with one attached hydrogen (secondary N) is 1. The first-order chi connectivity index (χ1) is 9.51. The van der Waals surface area contributed by atoms with Gasteiger partial charge in [-0.15, -0.1) is 0 Å². The monoisotopic (exact) mass is 403 g/mol. The minimum Gasteiger partial charge on any atom is -0.508 e. The fraction of sp³-hybridized carbons (Fsp3) is 0.200. The van der Waals surface area contributed by atoms with Crippen molar-refractivity contribution in [1.82, 2.24) is 0 Å². The molecule has 1 unspecified atom stereocenters. The average molecular weight is 404 g/mol. The molecule has 5 heteroatoms. The van der Waals surface area contributed by atoms with Gasteiger partial charge in [0.1, 0.15) is 11.5 Å². The molecule has 0 aromatic heterocycles. The maximum absolute atomic E-state index is 9.96. The zero-order valence-electron chi connectivity index (χ0n) is 11.2. The molecule has 0 fully saturated rings. The molecule has 2 aromatic carbocycles. The van der Waals surface area contributed by atoms with Crippen LogP contribution in [0.15, 0.2) is 36.4 Å². The predicted molar refractivity (Wildman–Crippen MR) is 90.9 cm³/mol. The molecule has 0 radical (unpaired) electrons. The van der Waals surface area contributed by atoms with Gasteiger partial charge in [-0.05, 0) is 65.9 Å². The molecular formula is C15H15ClINO2. The zero-order chi connectivity index (χ0) is 14.7. The lowest BCUT2D eigenvalue weighted by atomic mass is 10.1. The largest absolute Gasteiger partial charge is 0.508 e. The van der Waals surface area contributed by atoms with Gasteiger partial charge in [0, 0.05) is 9.13 Å². The van der Waals surface area contributed by atoms with Crippen LogP contribution in [-0.2, 0) is 0 Å². The van der Waals surface area contributed by atoms with Crippen molar-refractivity contribution in [2.75, 3.05) is 12.4 Å². The summed E-state index contributed by atoms with van der Waals surface area (Å²) in [6.45, 7) is 1.96. The van der Waals surface area contributed by atoms with Gasteiger partial charge in [-0.2, -0.15) is 0 Å². The molecule has 1 atom stereocenters. The number of hydrogen-bond acceptors (Lipinski definition) is 3. The van der Waals surface area contributed by atoms with Crippen LogP contribution in [0.2, 0.25) is 5.02 Å². The smallest absolute Gasteiger partial charge is 0.121 e. The number of rotatable bonds is 4. The third kappa shape index (κ3) is 3.49. The lowest BCUT2D eigenvalue weighted by Crippen LogP contribution is -2.07. The van der Waals surface area contributed by atoms with Crippen molar-refractivity contribution in [2.24, 2.45) is 0 Å². The molecule has 106 valence electrons. The summed E-state index contributed by atoms with van der Waals surface area (Å²) >= 11 is 8.42. The van der Waals surface area contributed by atoms with E-state index in [-0.39, 0.29) is 11.8 Å². The highest BCUT2D eigenvalue weighted by molar-refractivity contribution is 14.1. The third-order valence-corrected chi connectivity index (χ3v) is 3.99. The SMILES string of the molecule is COc1ccc(O)c(C(C)Nc2ccc(I)cc2Cl)c1. The van der Waals surface area contributed by atoms with Crippen LogP contribution in [0.1, 0.15) is 18.5 Å². The average Bonchev–Trinajstić information content (AvgIpc) is 2.42. The van der Waals surface area contributed by atoms with E-state index in [2.05, 4.69) is 27.9 Å². The molecule has 2 N–H and O–H groups in total. The zero-order valence-corrected chi connectivity index (χ0v) is 14.1. The van der Waals surface area contributed by atoms with E-state index < -0.39 is 0 Å². The second kappa shape index (κ2) is 6.54. The molecule has 0 saturated heterocycles. The first-order valence-electron chi connectivity index (χ1n) is 6.09. The lowest BCUT2D eigenvalue weighted by Gasteiger charge is -2.18. The highest BCUT2D eigenvalue weighted by Gasteiger charge is 2.13. The lowest BCUT2D eigenvalue weighted by molar-refractivity contribution is 0.410. The van der Waals surface area contributed by atoms with Crippen molar-refractivity contribution < 1.29 is 9.84 Å². The summed E-state index contributed by atoms with van der Waals surface area (Å²) in [4.78, 5) is 0. The first kappa shape index (κ1) is 15.3. The van der Waals surface area contributed by atoms with E-state index in [1.807, 2.05) is 31.2 Å². The van der Waals surface area contributed by atoms with Crippen molar-refractivity contribution in [1.29, 1.82) is 0 Å². The molecule has 20 heavy (non-hydrogen) atoms. The molecule has 0 aliphatic carbocycles. The summed E-state index contributed by atoms with van der Waals surface area (Å²) in [6, 6.07) is 10.9. The van der Waals surface area contributed by atoms with E-state index in [1.54, 1.807) is 19.2 Å². The highest BCUT2D eigenvalue weighted by atomic mass is 127. The van der Waals surface area contributed by atoms with Gasteiger partial charge < -0.3 is 15.2 Å². The van der Waals surface area contributed by atoms with E-state index in [0.29, 0.717) is 10.8 Å². The van der Waals surface area contributed by atoms with Gasteiger partial charge in [0.2, 0.25) is 0 Å². The summed E-state index contributed by atoms with van der Waals surface area (Å²) in [5.74, 6) is 0.938. The fourth-order valence-corrected chi connectivity index (χ4v) is 2.83. The second-order valence-corrected chi connectivity index (χ2v) is 6.07. The van der Waals surface area contributed by atoms with Crippen molar-refractivity contribution >= 4 is 39.9 Å². The Balaban J connectivity index is 2.25. The number of methoxy groups -OCH3 is 1. The van der Waals surface area contributed by atoms with Crippen LogP contribution in [0.4, 0.5) is 5.69 Å². The predicted octanol–water partition coefficient (Wildman–Crippen LogP) is 4.83. The van der Waals surface area contributed by atoms with Gasteiger partial charge in [-0.1, -0.05) is 11.6 Å². The normalized spacial score (nSPS) is 12.0. The van der Waals surface area contributed by atoms with E-state index >= 15 is 0 Å². The molecule has 2 aromatic rings. The van der Waals surface area contributed by atoms with E-state index in [4.69, 9.17) is 16.3 Å². The van der Waals surface area contributed by atoms with Crippen molar-refractivity contribution in [3.8, 4) is 11.5 Å². The highest BCUT2D eigenvalue weighted by Crippen LogP contribution is 2.32. The van der Waals surface area contributed by atoms with Gasteiger partial charge in [-0.25, -0.2) is 0 Å². The molecule has 0 heterocycles. The fourth-order valence-electron chi connectivity index (χ4n) is 1.92. The Labute approximate surface area is 137 Å². The van der Waals surface area contributed by atoms with E-state index in [0.717, 1.165) is 14.8 Å². The molecule has 0 bridgehead atoms. The summed E-state index contributed by atoms with van der Waals surface area (Å²) in [7, 11) is 1.60. The Kier molecular flexibility index (Phi) is 4.99. The maximum atomic E-state index is 9.96. The van der Waals surface area contributed by atoms with Crippen LogP contribution in [0, 0.1) is 3.57 Å². The summed E-state index contributed by atoms with van der Waals surface area (Å²) in [6.07, 6.45) is 0. The number of benzene rings is 2. The maximum Gasteiger partial charge on any atom is 0.121 e. The Morgan fingerprint density at radius 1 is 1.25 bits per heavy atom. The quantitative estimate of drug-likeness (QED) is 0.718. The van der Waals surface area contributed by atoms with Crippen LogP contribution in [0.5, 0.6) is 11.5 Å². The van der Waals surface area contributed by atoms with Crippen LogP contribution < -0.4 is 10.1 Å². The van der Waals surface area contributed by atoms with Gasteiger partial charge in [0.15, 0.2) is 0 Å². The van der Waals surface area contributed by atoms with Gasteiger partial charge in [0.05, 0.1) is 23.9 Å². The van der Waals surface area contributed by atoms with Gasteiger partial charge >= 0.3 is 0 Å². The second-order valence-electron chi connectivity index (χ2n) is 4.41. The summed E-state index contributed by atoms with van der Waals surface area (Å²) in [5.41, 5.74) is 1.60. The summed E-state index contributed by atoms with van der Waals surface area (Å²) < 4.78 is 6.26. The molecule has 0 aliphatic heterocycles. The molecule has 0 spiro atoms. The molecule has 0 aliphatic rings. The Morgan fingerprint density at radius 2 is 2.00 bits per heavy atom. The van der Waals surface area contributed by atoms with Crippen LogP contribution in [-0.4, -0.2) is 12.2 Å². The number of aromatic hydroxyl groups is 1. The standard InChI is InChI=1S/C15H15ClINO2/c1-9(12-8-11(20-2)4-6-15(12)19)18-14-5-3-10(17)7-13(14)16/h3-9,18-19H,1-2H3. The number of halogens is 2. The minimum absolute atomic E-state index is 0.0948. The van der Waals surface area contributed by atoms with Crippen molar-refractivity contribution in [3.05, 3.63) is 50.6 Å². The molecular weight excluding hydrogens is 389 g/mol. The molecule has 2 rings (SSSR count). The molecule has 3 nitrogen and oxygen atoms in total. The van der Waals surface area contributed by atoms with Crippen molar-refractivity contribution in [2.45, 2.75) is 13.0 Å². The number of ether oxygens (including phenoxy) is 1. The number of anilines is 1. The number of phenolic OH excluding ortho intramolecular Hbond substituents is 1. The number of hydrogen-bond donors (Lipinski definition) is 2. The molecule has 0 amide bonds. The molecule has 0 saturated carbocycles. The first-order valence-corrected chi connectivity index (χ1v) is 7.55. The van der Waals surface area contributed by atoms with E-state index in [1.165, 1.54) is 0 Å². The van der Waals surface area contributed by atoms with Crippen LogP contribution in [0.25, 0.3) is 0 Å². The van der Waals surface area contributed by atoms with Crippen molar-refractivity contribution in [3.63, 3.8) is 0 Å². The topological polar surface area (TPSA) is 41.5 Å². The Bertz CT molecular complexity index is 619. The van der Waals surface area contributed by atoms with Crippen LogP contribution >= 0.6 is 34.2 Å². The van der Waals surface area contributed by atoms with Gasteiger partial charge in [-0.3, -0.25) is 0 Å². The van der Waals surface area contributed by atoms with Gasteiger partial charge in [0.25, 0.3) is 0 Å². The Hall–Kier alpha value is -1.14. The Morgan fingerprint density at radius 3 is 2.65 bits per heavy atom. The summed E-state index contributed by atoms with van der Waals surface area (Å²) in [5, 5.41) is 13.9. The minimum atomic E-state index is -0.0948. The third-order valence-electron chi connectivity index (χ3n) is 3.00. The van der Waals surface area contributed by atoms with Crippen LogP contribution in [0.3, 0.4) is 0 Å². The van der Waals surface area contributed by atoms with E-state index in [9.17, 15) is 5.11 Å². The number of phenols is 1.